The second kappa shape index (κ2) is 5.09. The summed E-state index contributed by atoms with van der Waals surface area (Å²) in [4.78, 5) is 12.0. The van der Waals surface area contributed by atoms with Gasteiger partial charge >= 0.3 is 0 Å². The zero-order chi connectivity index (χ0) is 13.9. The van der Waals surface area contributed by atoms with Crippen molar-refractivity contribution in [3.05, 3.63) is 64.8 Å². The Morgan fingerprint density at radius 2 is 1.85 bits per heavy atom. The molecule has 1 N–H and O–H groups in total. The van der Waals surface area contributed by atoms with Gasteiger partial charge in [-0.3, -0.25) is 4.79 Å². The Labute approximate surface area is 115 Å². The van der Waals surface area contributed by atoms with Gasteiger partial charge in [0.15, 0.2) is 5.43 Å². The van der Waals surface area contributed by atoms with E-state index in [1.165, 1.54) is 6.07 Å². The van der Waals surface area contributed by atoms with Gasteiger partial charge < -0.3 is 14.5 Å². The number of para-hydroxylation sites is 1. The first kappa shape index (κ1) is 12.3. The maximum Gasteiger partial charge on any atom is 0.201 e. The minimum atomic E-state index is -0.0904. The molecule has 0 radical (unpaired) electrons. The molecular weight excluding hydrogens is 254 g/mol. The first-order valence-electron chi connectivity index (χ1n) is 6.20. The van der Waals surface area contributed by atoms with Gasteiger partial charge in [0.25, 0.3) is 0 Å². The number of rotatable bonds is 3. The number of methoxy groups -OCH3 is 1. The average molecular weight is 267 g/mol. The van der Waals surface area contributed by atoms with E-state index in [2.05, 4.69) is 5.32 Å². The van der Waals surface area contributed by atoms with Crippen molar-refractivity contribution in [3.63, 3.8) is 0 Å². The summed E-state index contributed by atoms with van der Waals surface area (Å²) in [5.41, 5.74) is 1.26. The molecule has 4 heteroatoms. The first-order chi connectivity index (χ1) is 9.76. The third kappa shape index (κ3) is 2.36. The van der Waals surface area contributed by atoms with Crippen LogP contribution in [0.2, 0.25) is 0 Å². The maximum absolute atomic E-state index is 12.0. The lowest BCUT2D eigenvalue weighted by atomic mass is 10.2. The zero-order valence-electron chi connectivity index (χ0n) is 10.9. The molecule has 1 aromatic heterocycles. The number of hydrogen-bond acceptors (Lipinski definition) is 4. The van der Waals surface area contributed by atoms with Crippen LogP contribution in [0.1, 0.15) is 0 Å². The van der Waals surface area contributed by atoms with Crippen molar-refractivity contribution in [1.82, 2.24) is 0 Å². The molecule has 3 aromatic rings. The highest BCUT2D eigenvalue weighted by Gasteiger charge is 2.06. The molecule has 0 aliphatic heterocycles. The van der Waals surface area contributed by atoms with Crippen LogP contribution in [0, 0.1) is 0 Å². The Kier molecular flexibility index (Phi) is 3.13. The van der Waals surface area contributed by atoms with E-state index in [-0.39, 0.29) is 5.43 Å². The van der Waals surface area contributed by atoms with E-state index < -0.39 is 0 Å². The van der Waals surface area contributed by atoms with Gasteiger partial charge in [-0.25, -0.2) is 0 Å². The summed E-state index contributed by atoms with van der Waals surface area (Å²) >= 11 is 0. The number of nitrogens with one attached hydrogen (secondary N) is 1. The van der Waals surface area contributed by atoms with Crippen LogP contribution >= 0.6 is 0 Å². The molecule has 0 saturated heterocycles. The van der Waals surface area contributed by atoms with Crippen molar-refractivity contribution in [2.24, 2.45) is 0 Å². The maximum atomic E-state index is 12.0. The fraction of sp³-hybridized carbons (Fsp3) is 0.0625. The van der Waals surface area contributed by atoms with Crippen LogP contribution in [0.25, 0.3) is 11.0 Å². The van der Waals surface area contributed by atoms with Crippen molar-refractivity contribution >= 4 is 22.5 Å². The summed E-state index contributed by atoms with van der Waals surface area (Å²) in [5, 5.41) is 3.60. The molecule has 2 aromatic carbocycles. The summed E-state index contributed by atoms with van der Waals surface area (Å²) in [6, 6.07) is 16.1. The molecule has 0 aliphatic carbocycles. The lowest BCUT2D eigenvalue weighted by Crippen LogP contribution is -2.02. The lowest BCUT2D eigenvalue weighted by molar-refractivity contribution is 0.414. The van der Waals surface area contributed by atoms with Crippen LogP contribution in [0.4, 0.5) is 11.6 Å². The normalized spacial score (nSPS) is 10.4. The number of ether oxygens (including phenoxy) is 1. The van der Waals surface area contributed by atoms with E-state index in [0.29, 0.717) is 22.6 Å². The Bertz CT molecular complexity index is 794. The molecular formula is C16H13NO3. The minimum absolute atomic E-state index is 0.0904. The van der Waals surface area contributed by atoms with Crippen LogP contribution in [-0.4, -0.2) is 7.11 Å². The monoisotopic (exact) mass is 267 g/mol. The van der Waals surface area contributed by atoms with Gasteiger partial charge in [0.05, 0.1) is 12.5 Å². The molecule has 3 rings (SSSR count). The lowest BCUT2D eigenvalue weighted by Gasteiger charge is -2.07. The van der Waals surface area contributed by atoms with Crippen LogP contribution in [0.3, 0.4) is 0 Å². The van der Waals surface area contributed by atoms with Gasteiger partial charge in [-0.15, -0.1) is 0 Å². The van der Waals surface area contributed by atoms with Crippen molar-refractivity contribution in [2.75, 3.05) is 12.4 Å². The number of anilines is 2. The summed E-state index contributed by atoms with van der Waals surface area (Å²) in [6.07, 6.45) is 0. The Morgan fingerprint density at radius 3 is 2.60 bits per heavy atom. The summed E-state index contributed by atoms with van der Waals surface area (Å²) < 4.78 is 10.8. The molecule has 0 atom stereocenters. The molecule has 0 aliphatic rings. The number of fused-ring (bicyclic) bond motifs is 1. The van der Waals surface area contributed by atoms with E-state index in [1.807, 2.05) is 30.3 Å². The smallest absolute Gasteiger partial charge is 0.201 e. The van der Waals surface area contributed by atoms with Crippen molar-refractivity contribution in [3.8, 4) is 5.75 Å². The second-order valence-corrected chi connectivity index (χ2v) is 4.33. The highest BCUT2D eigenvalue weighted by Crippen LogP contribution is 2.23. The molecule has 1 heterocycles. The Balaban J connectivity index is 2.06. The fourth-order valence-electron chi connectivity index (χ4n) is 1.99. The number of hydrogen-bond donors (Lipinski definition) is 1. The van der Waals surface area contributed by atoms with E-state index in [4.69, 9.17) is 9.15 Å². The minimum Gasteiger partial charge on any atom is -0.497 e. The SMILES string of the molecule is COc1ccc2c(=O)cc(Nc3ccccc3)oc2c1. The molecule has 0 bridgehead atoms. The predicted octanol–water partition coefficient (Wildman–Crippen LogP) is 3.55. The van der Waals surface area contributed by atoms with Crippen molar-refractivity contribution in [2.45, 2.75) is 0 Å². The van der Waals surface area contributed by atoms with Gasteiger partial charge in [-0.2, -0.15) is 0 Å². The molecule has 100 valence electrons. The average Bonchev–Trinajstić information content (AvgIpc) is 2.47. The molecule has 0 spiro atoms. The zero-order valence-corrected chi connectivity index (χ0v) is 10.9. The van der Waals surface area contributed by atoms with Gasteiger partial charge in [0.1, 0.15) is 11.3 Å². The topological polar surface area (TPSA) is 51.5 Å². The van der Waals surface area contributed by atoms with Crippen LogP contribution in [0.5, 0.6) is 5.75 Å². The summed E-state index contributed by atoms with van der Waals surface area (Å²) in [6.45, 7) is 0. The fourth-order valence-corrected chi connectivity index (χ4v) is 1.99. The van der Waals surface area contributed by atoms with E-state index in [9.17, 15) is 4.79 Å². The molecule has 20 heavy (non-hydrogen) atoms. The molecule has 0 saturated carbocycles. The molecule has 0 fully saturated rings. The van der Waals surface area contributed by atoms with Crippen molar-refractivity contribution < 1.29 is 9.15 Å². The molecule has 0 amide bonds. The van der Waals surface area contributed by atoms with E-state index in [0.717, 1.165) is 5.69 Å². The number of benzene rings is 2. The van der Waals surface area contributed by atoms with Crippen LogP contribution < -0.4 is 15.5 Å². The highest BCUT2D eigenvalue weighted by atomic mass is 16.5. The molecule has 0 unspecified atom stereocenters. The van der Waals surface area contributed by atoms with Gasteiger partial charge in [0.2, 0.25) is 5.88 Å². The summed E-state index contributed by atoms with van der Waals surface area (Å²) in [5.74, 6) is 1.06. The Morgan fingerprint density at radius 1 is 1.05 bits per heavy atom. The third-order valence-corrected chi connectivity index (χ3v) is 2.98. The van der Waals surface area contributed by atoms with Gasteiger partial charge in [-0.05, 0) is 24.3 Å². The van der Waals surface area contributed by atoms with Gasteiger partial charge in [0, 0.05) is 17.8 Å². The Hall–Kier alpha value is -2.75. The van der Waals surface area contributed by atoms with Crippen LogP contribution in [-0.2, 0) is 0 Å². The van der Waals surface area contributed by atoms with Gasteiger partial charge in [-0.1, -0.05) is 18.2 Å². The largest absolute Gasteiger partial charge is 0.497 e. The second-order valence-electron chi connectivity index (χ2n) is 4.33. The van der Waals surface area contributed by atoms with E-state index in [1.54, 1.807) is 25.3 Å². The highest BCUT2D eigenvalue weighted by molar-refractivity contribution is 5.79. The van der Waals surface area contributed by atoms with Crippen molar-refractivity contribution in [1.29, 1.82) is 0 Å². The molecule has 4 nitrogen and oxygen atoms in total. The predicted molar refractivity (Wildman–Crippen MR) is 78.8 cm³/mol. The standard InChI is InChI=1S/C16H13NO3/c1-19-12-7-8-13-14(18)10-16(20-15(13)9-12)17-11-5-3-2-4-6-11/h2-10,17H,1H3. The quantitative estimate of drug-likeness (QED) is 0.788. The first-order valence-corrected chi connectivity index (χ1v) is 6.20. The summed E-state index contributed by atoms with van der Waals surface area (Å²) in [7, 11) is 1.57. The van der Waals surface area contributed by atoms with Crippen LogP contribution in [0.15, 0.2) is 63.8 Å². The van der Waals surface area contributed by atoms with E-state index >= 15 is 0 Å². The third-order valence-electron chi connectivity index (χ3n) is 2.98.